The molecule has 2 aromatic rings. The van der Waals surface area contributed by atoms with E-state index in [2.05, 4.69) is 4.72 Å². The summed E-state index contributed by atoms with van der Waals surface area (Å²) in [5.41, 5.74) is 1.25. The molecule has 0 saturated carbocycles. The third kappa shape index (κ3) is 4.84. The molecular formula is C17H17ClN2O3S. The third-order valence-corrected chi connectivity index (χ3v) is 4.44. The average Bonchev–Trinajstić information content (AvgIpc) is 2.55. The average molecular weight is 365 g/mol. The lowest BCUT2D eigenvalue weighted by molar-refractivity contribution is 0.0827. The van der Waals surface area contributed by atoms with Gasteiger partial charge in [-0.25, -0.2) is 8.42 Å². The highest BCUT2D eigenvalue weighted by Crippen LogP contribution is 2.25. The lowest BCUT2D eigenvalue weighted by atomic mass is 10.2. The molecule has 0 fully saturated rings. The zero-order chi connectivity index (χ0) is 17.7. The van der Waals surface area contributed by atoms with Gasteiger partial charge >= 0.3 is 0 Å². The van der Waals surface area contributed by atoms with Crippen molar-refractivity contribution in [3.63, 3.8) is 0 Å². The molecule has 0 aromatic heterocycles. The summed E-state index contributed by atoms with van der Waals surface area (Å²) in [5.74, 6) is -0.244. The molecule has 1 amide bonds. The van der Waals surface area contributed by atoms with Crippen LogP contribution in [0.1, 0.15) is 15.9 Å². The van der Waals surface area contributed by atoms with E-state index in [-0.39, 0.29) is 16.6 Å². The number of nitrogens with one attached hydrogen (secondary N) is 1. The normalized spacial score (nSPS) is 11.5. The van der Waals surface area contributed by atoms with E-state index >= 15 is 0 Å². The van der Waals surface area contributed by atoms with Gasteiger partial charge < -0.3 is 4.90 Å². The van der Waals surface area contributed by atoms with Gasteiger partial charge in [0.25, 0.3) is 15.9 Å². The van der Waals surface area contributed by atoms with Gasteiger partial charge in [-0.3, -0.25) is 9.52 Å². The number of benzene rings is 2. The molecule has 0 heterocycles. The predicted octanol–water partition coefficient (Wildman–Crippen LogP) is 3.45. The SMILES string of the molecule is CN(C)C(=O)c1ccc(Cl)c(NS(=O)(=O)/C=C/c2ccccc2)c1. The van der Waals surface area contributed by atoms with E-state index < -0.39 is 10.0 Å². The summed E-state index contributed by atoms with van der Waals surface area (Å²) in [6.07, 6.45) is 1.48. The lowest BCUT2D eigenvalue weighted by Crippen LogP contribution is -2.21. The molecule has 0 aliphatic carbocycles. The van der Waals surface area contributed by atoms with Crippen molar-refractivity contribution in [2.75, 3.05) is 18.8 Å². The summed E-state index contributed by atoms with van der Waals surface area (Å²) in [5, 5.41) is 1.26. The summed E-state index contributed by atoms with van der Waals surface area (Å²) in [4.78, 5) is 13.4. The molecule has 7 heteroatoms. The van der Waals surface area contributed by atoms with Crippen LogP contribution in [0, 0.1) is 0 Å². The van der Waals surface area contributed by atoms with E-state index in [0.29, 0.717) is 5.56 Å². The first-order valence-electron chi connectivity index (χ1n) is 7.06. The number of sulfonamides is 1. The van der Waals surface area contributed by atoms with Crippen molar-refractivity contribution in [3.8, 4) is 0 Å². The number of carbonyl (C=O) groups excluding carboxylic acids is 1. The summed E-state index contributed by atoms with van der Waals surface area (Å²) in [6.45, 7) is 0. The number of nitrogens with zero attached hydrogens (tertiary/aromatic N) is 1. The fraction of sp³-hybridized carbons (Fsp3) is 0.118. The zero-order valence-electron chi connectivity index (χ0n) is 13.2. The predicted molar refractivity (Wildman–Crippen MR) is 97.5 cm³/mol. The molecule has 0 bridgehead atoms. The quantitative estimate of drug-likeness (QED) is 0.883. The van der Waals surface area contributed by atoms with Crippen molar-refractivity contribution >= 4 is 39.3 Å². The Hall–Kier alpha value is -2.31. The minimum Gasteiger partial charge on any atom is -0.345 e. The Bertz CT molecular complexity index is 863. The molecule has 2 aromatic carbocycles. The van der Waals surface area contributed by atoms with Crippen LogP contribution in [-0.4, -0.2) is 33.3 Å². The Labute approximate surface area is 146 Å². The van der Waals surface area contributed by atoms with E-state index in [4.69, 9.17) is 11.6 Å². The second kappa shape index (κ2) is 7.51. The molecule has 0 aliphatic rings. The highest BCUT2D eigenvalue weighted by atomic mass is 35.5. The maximum Gasteiger partial charge on any atom is 0.255 e. The molecular weight excluding hydrogens is 348 g/mol. The van der Waals surface area contributed by atoms with Crippen LogP contribution in [-0.2, 0) is 10.0 Å². The third-order valence-electron chi connectivity index (χ3n) is 3.11. The van der Waals surface area contributed by atoms with E-state index in [1.165, 1.54) is 23.1 Å². The van der Waals surface area contributed by atoms with Crippen LogP contribution in [0.3, 0.4) is 0 Å². The van der Waals surface area contributed by atoms with Gasteiger partial charge in [0.05, 0.1) is 16.1 Å². The van der Waals surface area contributed by atoms with E-state index in [1.807, 2.05) is 18.2 Å². The van der Waals surface area contributed by atoms with Crippen molar-refractivity contribution in [2.45, 2.75) is 0 Å². The van der Waals surface area contributed by atoms with Gasteiger partial charge in [0.15, 0.2) is 0 Å². The Morgan fingerprint density at radius 3 is 2.42 bits per heavy atom. The van der Waals surface area contributed by atoms with Gasteiger partial charge in [0, 0.05) is 19.7 Å². The molecule has 2 rings (SSSR count). The van der Waals surface area contributed by atoms with Crippen LogP contribution in [0.5, 0.6) is 0 Å². The van der Waals surface area contributed by atoms with Crippen LogP contribution < -0.4 is 4.72 Å². The zero-order valence-corrected chi connectivity index (χ0v) is 14.8. The molecule has 5 nitrogen and oxygen atoms in total. The maximum absolute atomic E-state index is 12.2. The van der Waals surface area contributed by atoms with Crippen molar-refractivity contribution in [2.24, 2.45) is 0 Å². The van der Waals surface area contributed by atoms with Crippen molar-refractivity contribution in [3.05, 3.63) is 70.1 Å². The molecule has 0 saturated heterocycles. The van der Waals surface area contributed by atoms with Gasteiger partial charge in [0.1, 0.15) is 0 Å². The summed E-state index contributed by atoms with van der Waals surface area (Å²) >= 11 is 6.03. The highest BCUT2D eigenvalue weighted by molar-refractivity contribution is 7.95. The number of amides is 1. The first-order valence-corrected chi connectivity index (χ1v) is 8.98. The first kappa shape index (κ1) is 18.0. The second-order valence-electron chi connectivity index (χ2n) is 5.25. The monoisotopic (exact) mass is 364 g/mol. The molecule has 0 spiro atoms. The first-order chi connectivity index (χ1) is 11.3. The number of carbonyl (C=O) groups is 1. The van der Waals surface area contributed by atoms with E-state index in [9.17, 15) is 13.2 Å². The molecule has 0 aliphatic heterocycles. The minimum atomic E-state index is -3.76. The van der Waals surface area contributed by atoms with Gasteiger partial charge in [-0.2, -0.15) is 0 Å². The second-order valence-corrected chi connectivity index (χ2v) is 7.23. The summed E-state index contributed by atoms with van der Waals surface area (Å²) < 4.78 is 26.8. The van der Waals surface area contributed by atoms with Crippen LogP contribution in [0.2, 0.25) is 5.02 Å². The smallest absolute Gasteiger partial charge is 0.255 e. The topological polar surface area (TPSA) is 66.5 Å². The van der Waals surface area contributed by atoms with Crippen molar-refractivity contribution < 1.29 is 13.2 Å². The molecule has 0 unspecified atom stereocenters. The number of hydrogen-bond acceptors (Lipinski definition) is 3. The largest absolute Gasteiger partial charge is 0.345 e. The molecule has 126 valence electrons. The fourth-order valence-electron chi connectivity index (χ4n) is 1.91. The van der Waals surface area contributed by atoms with E-state index in [1.54, 1.807) is 32.3 Å². The fourth-order valence-corrected chi connectivity index (χ4v) is 3.01. The maximum atomic E-state index is 12.2. The number of rotatable bonds is 5. The Morgan fingerprint density at radius 1 is 1.12 bits per heavy atom. The van der Waals surface area contributed by atoms with Crippen LogP contribution in [0.15, 0.2) is 53.9 Å². The van der Waals surface area contributed by atoms with Crippen molar-refractivity contribution in [1.82, 2.24) is 4.90 Å². The minimum absolute atomic E-state index is 0.155. The van der Waals surface area contributed by atoms with Crippen LogP contribution in [0.25, 0.3) is 6.08 Å². The lowest BCUT2D eigenvalue weighted by Gasteiger charge is -2.12. The summed E-state index contributed by atoms with van der Waals surface area (Å²) in [7, 11) is -0.529. The number of halogens is 1. The Balaban J connectivity index is 2.24. The molecule has 24 heavy (non-hydrogen) atoms. The highest BCUT2D eigenvalue weighted by Gasteiger charge is 2.14. The number of hydrogen-bond donors (Lipinski definition) is 1. The standard InChI is InChI=1S/C17H17ClN2O3S/c1-20(2)17(21)14-8-9-15(18)16(12-14)19-24(22,23)11-10-13-6-4-3-5-7-13/h3-12,19H,1-2H3/b11-10+. The van der Waals surface area contributed by atoms with Crippen LogP contribution >= 0.6 is 11.6 Å². The Morgan fingerprint density at radius 2 is 1.79 bits per heavy atom. The van der Waals surface area contributed by atoms with Gasteiger partial charge in [-0.1, -0.05) is 41.9 Å². The molecule has 1 N–H and O–H groups in total. The van der Waals surface area contributed by atoms with E-state index in [0.717, 1.165) is 11.0 Å². The summed E-state index contributed by atoms with van der Waals surface area (Å²) in [6, 6.07) is 13.5. The molecule has 0 atom stereocenters. The van der Waals surface area contributed by atoms with Gasteiger partial charge in [0.2, 0.25) is 0 Å². The molecule has 0 radical (unpaired) electrons. The number of anilines is 1. The van der Waals surface area contributed by atoms with Gasteiger partial charge in [-0.15, -0.1) is 0 Å². The van der Waals surface area contributed by atoms with Gasteiger partial charge in [-0.05, 0) is 29.8 Å². The van der Waals surface area contributed by atoms with Crippen molar-refractivity contribution in [1.29, 1.82) is 0 Å². The Kier molecular flexibility index (Phi) is 5.64. The van der Waals surface area contributed by atoms with Crippen LogP contribution in [0.4, 0.5) is 5.69 Å².